The molecule has 2 rings (SSSR count). The van der Waals surface area contributed by atoms with E-state index < -0.39 is 6.29 Å². The molecule has 0 unspecified atom stereocenters. The maximum Gasteiger partial charge on any atom is 0.235 e. The molecule has 1 aliphatic rings. The van der Waals surface area contributed by atoms with Gasteiger partial charge in [0.1, 0.15) is 0 Å². The van der Waals surface area contributed by atoms with Gasteiger partial charge in [0.2, 0.25) is 6.29 Å². The van der Waals surface area contributed by atoms with Crippen molar-refractivity contribution < 1.29 is 9.57 Å². The van der Waals surface area contributed by atoms with E-state index in [1.165, 1.54) is 0 Å². The van der Waals surface area contributed by atoms with E-state index >= 15 is 0 Å². The van der Waals surface area contributed by atoms with Crippen LogP contribution in [0.15, 0.2) is 23.4 Å². The zero-order chi connectivity index (χ0) is 14.2. The van der Waals surface area contributed by atoms with E-state index in [1.54, 1.807) is 18.2 Å². The van der Waals surface area contributed by atoms with Crippen molar-refractivity contribution in [3.05, 3.63) is 33.8 Å². The van der Waals surface area contributed by atoms with Crippen molar-refractivity contribution in [1.82, 2.24) is 0 Å². The molecule has 0 saturated carbocycles. The first kappa shape index (κ1) is 14.6. The van der Waals surface area contributed by atoms with Crippen molar-refractivity contribution in [1.29, 1.82) is 0 Å². The molecule has 0 bridgehead atoms. The lowest BCUT2D eigenvalue weighted by Crippen LogP contribution is -2.32. The van der Waals surface area contributed by atoms with Crippen LogP contribution in [0.5, 0.6) is 0 Å². The Morgan fingerprint density at radius 2 is 1.79 bits per heavy atom. The summed E-state index contributed by atoms with van der Waals surface area (Å²) < 4.78 is 5.82. The SMILES string of the molecule is C[C@H]1C(c2c(Cl)cccc2Cl)=NO[C@H]1OC(C)(C)C. The van der Waals surface area contributed by atoms with Crippen molar-refractivity contribution in [2.24, 2.45) is 11.1 Å². The Morgan fingerprint density at radius 3 is 2.32 bits per heavy atom. The van der Waals surface area contributed by atoms with Crippen LogP contribution in [0.25, 0.3) is 0 Å². The summed E-state index contributed by atoms with van der Waals surface area (Å²) in [4.78, 5) is 5.37. The number of benzene rings is 1. The van der Waals surface area contributed by atoms with E-state index in [1.807, 2.05) is 27.7 Å². The number of rotatable bonds is 2. The van der Waals surface area contributed by atoms with E-state index in [0.717, 1.165) is 11.3 Å². The van der Waals surface area contributed by atoms with Crippen molar-refractivity contribution in [3.63, 3.8) is 0 Å². The zero-order valence-electron chi connectivity index (χ0n) is 11.4. The van der Waals surface area contributed by atoms with E-state index in [-0.39, 0.29) is 11.5 Å². The molecular weight excluding hydrogens is 285 g/mol. The summed E-state index contributed by atoms with van der Waals surface area (Å²) in [7, 11) is 0. The van der Waals surface area contributed by atoms with E-state index in [4.69, 9.17) is 32.8 Å². The molecule has 1 aliphatic heterocycles. The van der Waals surface area contributed by atoms with E-state index in [0.29, 0.717) is 10.0 Å². The van der Waals surface area contributed by atoms with Crippen LogP contribution in [0.2, 0.25) is 10.0 Å². The fourth-order valence-corrected chi connectivity index (χ4v) is 2.49. The molecule has 5 heteroatoms. The lowest BCUT2D eigenvalue weighted by atomic mass is 9.98. The molecule has 0 amide bonds. The molecule has 0 spiro atoms. The number of halogens is 2. The van der Waals surface area contributed by atoms with Crippen molar-refractivity contribution in [3.8, 4) is 0 Å². The zero-order valence-corrected chi connectivity index (χ0v) is 12.9. The van der Waals surface area contributed by atoms with Gasteiger partial charge in [-0.1, -0.05) is 41.3 Å². The normalized spacial score (nSPS) is 23.2. The molecule has 0 radical (unpaired) electrons. The van der Waals surface area contributed by atoms with Gasteiger partial charge in [-0.05, 0) is 32.9 Å². The first-order valence-corrected chi connectivity index (χ1v) is 6.91. The summed E-state index contributed by atoms with van der Waals surface area (Å²) in [6, 6.07) is 5.38. The average Bonchev–Trinajstić information content (AvgIpc) is 2.59. The van der Waals surface area contributed by atoms with Gasteiger partial charge in [-0.25, -0.2) is 0 Å². The van der Waals surface area contributed by atoms with Crippen LogP contribution < -0.4 is 0 Å². The molecule has 19 heavy (non-hydrogen) atoms. The van der Waals surface area contributed by atoms with Crippen LogP contribution in [0.1, 0.15) is 33.3 Å². The Balaban J connectivity index is 2.25. The maximum atomic E-state index is 6.19. The van der Waals surface area contributed by atoms with Gasteiger partial charge in [-0.15, -0.1) is 0 Å². The monoisotopic (exact) mass is 301 g/mol. The number of hydrogen-bond donors (Lipinski definition) is 0. The molecule has 1 heterocycles. The molecule has 0 aromatic heterocycles. The predicted octanol–water partition coefficient (Wildman–Crippen LogP) is 4.51. The highest BCUT2D eigenvalue weighted by Crippen LogP contribution is 2.33. The van der Waals surface area contributed by atoms with E-state index in [9.17, 15) is 0 Å². The molecule has 0 N–H and O–H groups in total. The van der Waals surface area contributed by atoms with Gasteiger partial charge in [0.15, 0.2) is 0 Å². The fourth-order valence-electron chi connectivity index (χ4n) is 1.90. The Kier molecular flexibility index (Phi) is 4.09. The quantitative estimate of drug-likeness (QED) is 0.805. The van der Waals surface area contributed by atoms with Crippen LogP contribution in [0.4, 0.5) is 0 Å². The predicted molar refractivity (Wildman–Crippen MR) is 77.9 cm³/mol. The highest BCUT2D eigenvalue weighted by atomic mass is 35.5. The second kappa shape index (κ2) is 5.31. The van der Waals surface area contributed by atoms with Crippen LogP contribution in [0.3, 0.4) is 0 Å². The second-order valence-electron chi connectivity index (χ2n) is 5.57. The molecule has 2 atom stereocenters. The van der Waals surface area contributed by atoms with Crippen molar-refractivity contribution in [2.45, 2.75) is 39.6 Å². The number of hydrogen-bond acceptors (Lipinski definition) is 3. The van der Waals surface area contributed by atoms with Crippen LogP contribution in [-0.4, -0.2) is 17.6 Å². The molecule has 0 saturated heterocycles. The first-order chi connectivity index (χ1) is 8.79. The van der Waals surface area contributed by atoms with Gasteiger partial charge in [0, 0.05) is 5.56 Å². The van der Waals surface area contributed by atoms with Gasteiger partial charge in [0.05, 0.1) is 27.3 Å². The highest BCUT2D eigenvalue weighted by molar-refractivity contribution is 6.40. The van der Waals surface area contributed by atoms with Gasteiger partial charge >= 0.3 is 0 Å². The van der Waals surface area contributed by atoms with Crippen LogP contribution >= 0.6 is 23.2 Å². The lowest BCUT2D eigenvalue weighted by molar-refractivity contribution is -0.195. The fraction of sp³-hybridized carbons (Fsp3) is 0.500. The smallest absolute Gasteiger partial charge is 0.235 e. The Morgan fingerprint density at radius 1 is 1.21 bits per heavy atom. The second-order valence-corrected chi connectivity index (χ2v) is 6.38. The summed E-state index contributed by atoms with van der Waals surface area (Å²) in [5, 5.41) is 5.23. The van der Waals surface area contributed by atoms with E-state index in [2.05, 4.69) is 5.16 Å². The minimum atomic E-state index is -0.415. The summed E-state index contributed by atoms with van der Waals surface area (Å²) in [6.07, 6.45) is -0.415. The topological polar surface area (TPSA) is 30.8 Å². The molecule has 1 aromatic carbocycles. The Hall–Kier alpha value is -0.770. The van der Waals surface area contributed by atoms with Gasteiger partial charge in [-0.2, -0.15) is 0 Å². The highest BCUT2D eigenvalue weighted by Gasteiger charge is 2.36. The Bertz CT molecular complexity index is 488. The molecule has 0 fully saturated rings. The number of nitrogens with zero attached hydrogens (tertiary/aromatic N) is 1. The standard InChI is InChI=1S/C14H17Cl2NO2/c1-8-12(11-9(15)6-5-7-10(11)16)17-19-13(8)18-14(2,3)4/h5-8,13H,1-4H3/t8-,13+/m0/s1. The van der Waals surface area contributed by atoms with Crippen LogP contribution in [0, 0.1) is 5.92 Å². The third kappa shape index (κ3) is 3.22. The summed E-state index contributed by atoms with van der Waals surface area (Å²) >= 11 is 12.4. The average molecular weight is 302 g/mol. The van der Waals surface area contributed by atoms with Crippen LogP contribution in [-0.2, 0) is 9.57 Å². The molecule has 1 aromatic rings. The number of ether oxygens (including phenoxy) is 1. The molecule has 0 aliphatic carbocycles. The minimum Gasteiger partial charge on any atom is -0.363 e. The molecular formula is C14H17Cl2NO2. The molecule has 3 nitrogen and oxygen atoms in total. The van der Waals surface area contributed by atoms with Gasteiger partial charge < -0.3 is 9.57 Å². The number of oxime groups is 1. The first-order valence-electron chi connectivity index (χ1n) is 6.15. The minimum absolute atomic E-state index is 0.0309. The lowest BCUT2D eigenvalue weighted by Gasteiger charge is -2.25. The Labute approximate surface area is 123 Å². The summed E-state index contributed by atoms with van der Waals surface area (Å²) in [5.74, 6) is -0.0309. The molecule has 104 valence electrons. The van der Waals surface area contributed by atoms with Gasteiger partial charge in [-0.3, -0.25) is 0 Å². The summed E-state index contributed by atoms with van der Waals surface area (Å²) in [6.45, 7) is 7.92. The van der Waals surface area contributed by atoms with Gasteiger partial charge in [0.25, 0.3) is 0 Å². The largest absolute Gasteiger partial charge is 0.363 e. The van der Waals surface area contributed by atoms with Crippen molar-refractivity contribution in [2.75, 3.05) is 0 Å². The summed E-state index contributed by atoms with van der Waals surface area (Å²) in [5.41, 5.74) is 1.15. The maximum absolute atomic E-state index is 6.19. The third-order valence-corrected chi connectivity index (χ3v) is 3.41. The van der Waals surface area contributed by atoms with Crippen molar-refractivity contribution >= 4 is 28.9 Å². The third-order valence-electron chi connectivity index (χ3n) is 2.78.